The van der Waals surface area contributed by atoms with Crippen LogP contribution >= 0.6 is 15.9 Å². The van der Waals surface area contributed by atoms with Gasteiger partial charge in [-0.25, -0.2) is 8.42 Å². The smallest absolute Gasteiger partial charge is 0.273 e. The summed E-state index contributed by atoms with van der Waals surface area (Å²) in [6.45, 7) is 0. The lowest BCUT2D eigenvalue weighted by molar-refractivity contribution is 0.101. The molecule has 0 aliphatic rings. The van der Waals surface area contributed by atoms with Crippen molar-refractivity contribution in [1.82, 2.24) is 4.57 Å². The number of hydrogen-bond donors (Lipinski definition) is 2. The van der Waals surface area contributed by atoms with Gasteiger partial charge in [-0.3, -0.25) is 9.52 Å². The monoisotopic (exact) mass is 421 g/mol. The van der Waals surface area contributed by atoms with Crippen LogP contribution in [0.3, 0.4) is 0 Å². The molecule has 130 valence electrons. The van der Waals surface area contributed by atoms with Crippen LogP contribution in [-0.2, 0) is 17.1 Å². The van der Waals surface area contributed by atoms with Crippen LogP contribution in [0, 0.1) is 0 Å². The summed E-state index contributed by atoms with van der Waals surface area (Å²) in [5.41, 5.74) is 2.47. The van der Waals surface area contributed by atoms with Crippen molar-refractivity contribution in [3.8, 4) is 0 Å². The Balaban J connectivity index is 1.86. The Labute approximate surface area is 154 Å². The molecule has 6 nitrogen and oxygen atoms in total. The highest BCUT2D eigenvalue weighted by molar-refractivity contribution is 9.10. The van der Waals surface area contributed by atoms with Crippen LogP contribution in [0.1, 0.15) is 10.5 Å². The molecule has 0 unspecified atom stereocenters. The second-order valence-electron chi connectivity index (χ2n) is 5.64. The number of fused-ring (bicyclic) bond motifs is 1. The van der Waals surface area contributed by atoms with Crippen LogP contribution in [0.5, 0.6) is 0 Å². The van der Waals surface area contributed by atoms with E-state index in [1.54, 1.807) is 24.3 Å². The van der Waals surface area contributed by atoms with Gasteiger partial charge in [0.05, 0.1) is 10.7 Å². The Morgan fingerprint density at radius 2 is 1.64 bits per heavy atom. The molecule has 0 bridgehead atoms. The predicted molar refractivity (Wildman–Crippen MR) is 103 cm³/mol. The second kappa shape index (κ2) is 6.53. The van der Waals surface area contributed by atoms with Crippen LogP contribution in [0.15, 0.2) is 53.0 Å². The number of benzene rings is 2. The van der Waals surface area contributed by atoms with Crippen LogP contribution in [0.2, 0.25) is 0 Å². The molecule has 8 heteroatoms. The van der Waals surface area contributed by atoms with E-state index in [-0.39, 0.29) is 5.91 Å². The third-order valence-corrected chi connectivity index (χ3v) is 5.12. The lowest BCUT2D eigenvalue weighted by Crippen LogP contribution is -2.16. The highest BCUT2D eigenvalue weighted by Gasteiger charge is 2.19. The number of carbonyl (C=O) groups excluding carboxylic acids is 1. The van der Waals surface area contributed by atoms with Gasteiger partial charge >= 0.3 is 0 Å². The van der Waals surface area contributed by atoms with Crippen molar-refractivity contribution in [2.24, 2.45) is 7.05 Å². The van der Waals surface area contributed by atoms with Gasteiger partial charge in [-0.15, -0.1) is 0 Å². The molecule has 1 heterocycles. The number of aryl methyl sites for hydroxylation is 1. The predicted octanol–water partition coefficient (Wildman–Crippen LogP) is 3.56. The first-order valence-electron chi connectivity index (χ1n) is 7.38. The largest absolute Gasteiger partial charge is 0.339 e. The van der Waals surface area contributed by atoms with E-state index in [4.69, 9.17) is 0 Å². The Morgan fingerprint density at radius 3 is 2.24 bits per heavy atom. The fourth-order valence-electron chi connectivity index (χ4n) is 2.62. The summed E-state index contributed by atoms with van der Waals surface area (Å²) < 4.78 is 27.4. The molecule has 1 aromatic heterocycles. The molecular formula is C17H16BrN3O3S. The van der Waals surface area contributed by atoms with Gasteiger partial charge in [0.15, 0.2) is 0 Å². The molecule has 25 heavy (non-hydrogen) atoms. The molecule has 0 aliphatic heterocycles. The van der Waals surface area contributed by atoms with Gasteiger partial charge in [-0.05, 0) is 46.3 Å². The van der Waals surface area contributed by atoms with Gasteiger partial charge in [-0.1, -0.05) is 18.2 Å². The normalized spacial score (nSPS) is 11.5. The molecule has 0 atom stereocenters. The number of nitrogens with zero attached hydrogens (tertiary/aromatic N) is 1. The lowest BCUT2D eigenvalue weighted by atomic mass is 10.2. The maximum atomic E-state index is 12.7. The highest BCUT2D eigenvalue weighted by atomic mass is 79.9. The quantitative estimate of drug-likeness (QED) is 0.675. The number of carbonyl (C=O) groups is 1. The molecule has 3 rings (SSSR count). The molecule has 2 aromatic carbocycles. The number of sulfonamides is 1. The summed E-state index contributed by atoms with van der Waals surface area (Å²) in [6, 6.07) is 14.2. The van der Waals surface area contributed by atoms with E-state index in [1.807, 2.05) is 35.9 Å². The second-order valence-corrected chi connectivity index (χ2v) is 8.19. The highest BCUT2D eigenvalue weighted by Crippen LogP contribution is 2.30. The van der Waals surface area contributed by atoms with Crippen LogP contribution in [-0.4, -0.2) is 25.1 Å². The van der Waals surface area contributed by atoms with E-state index in [0.29, 0.717) is 17.1 Å². The third-order valence-electron chi connectivity index (χ3n) is 3.71. The molecule has 3 aromatic rings. The first-order chi connectivity index (χ1) is 11.8. The number of para-hydroxylation sites is 1. The standard InChI is InChI=1S/C17H16BrN3O3S/c1-21-14-6-4-3-5-13(14)15(18)16(21)17(22)19-11-7-9-12(10-8-11)20-25(2,23)24/h3-10,20H,1-2H3,(H,19,22). The van der Waals surface area contributed by atoms with Crippen molar-refractivity contribution >= 4 is 54.1 Å². The van der Waals surface area contributed by atoms with E-state index in [2.05, 4.69) is 26.0 Å². The van der Waals surface area contributed by atoms with Gasteiger partial charge in [0, 0.05) is 29.3 Å². The zero-order chi connectivity index (χ0) is 18.2. The molecular weight excluding hydrogens is 406 g/mol. The molecule has 0 aliphatic carbocycles. The van der Waals surface area contributed by atoms with Crippen molar-refractivity contribution in [3.05, 3.63) is 58.7 Å². The summed E-state index contributed by atoms with van der Waals surface area (Å²) in [5, 5.41) is 3.78. The van der Waals surface area contributed by atoms with E-state index >= 15 is 0 Å². The van der Waals surface area contributed by atoms with Gasteiger partial charge in [-0.2, -0.15) is 0 Å². The summed E-state index contributed by atoms with van der Waals surface area (Å²) in [6.07, 6.45) is 1.08. The number of aromatic nitrogens is 1. The molecule has 1 amide bonds. The number of amides is 1. The Bertz CT molecular complexity index is 1020. The fourth-order valence-corrected chi connectivity index (χ4v) is 3.97. The number of rotatable bonds is 4. The Morgan fingerprint density at radius 1 is 1.04 bits per heavy atom. The molecule has 0 spiro atoms. The zero-order valence-electron chi connectivity index (χ0n) is 13.6. The van der Waals surface area contributed by atoms with Crippen molar-refractivity contribution in [2.45, 2.75) is 0 Å². The van der Waals surface area contributed by atoms with Crippen molar-refractivity contribution in [1.29, 1.82) is 0 Å². The zero-order valence-corrected chi connectivity index (χ0v) is 16.0. The van der Waals surface area contributed by atoms with Crippen molar-refractivity contribution < 1.29 is 13.2 Å². The maximum absolute atomic E-state index is 12.7. The Hall–Kier alpha value is -2.32. The Kier molecular flexibility index (Phi) is 4.57. The van der Waals surface area contributed by atoms with Gasteiger partial charge in [0.2, 0.25) is 10.0 Å². The van der Waals surface area contributed by atoms with Gasteiger partial charge in [0.25, 0.3) is 5.91 Å². The third kappa shape index (κ3) is 3.69. The van der Waals surface area contributed by atoms with Gasteiger partial charge < -0.3 is 9.88 Å². The summed E-state index contributed by atoms with van der Waals surface area (Å²) in [5.74, 6) is -0.255. The SMILES string of the molecule is Cn1c(C(=O)Nc2ccc(NS(C)(=O)=O)cc2)c(Br)c2ccccc21. The van der Waals surface area contributed by atoms with Gasteiger partial charge in [0.1, 0.15) is 5.69 Å². The van der Waals surface area contributed by atoms with E-state index in [1.165, 1.54) is 0 Å². The van der Waals surface area contributed by atoms with Crippen molar-refractivity contribution in [2.75, 3.05) is 16.3 Å². The maximum Gasteiger partial charge on any atom is 0.273 e. The topological polar surface area (TPSA) is 80.2 Å². The number of halogens is 1. The summed E-state index contributed by atoms with van der Waals surface area (Å²) >= 11 is 3.50. The van der Waals surface area contributed by atoms with E-state index in [0.717, 1.165) is 21.6 Å². The number of anilines is 2. The first kappa shape index (κ1) is 17.5. The average Bonchev–Trinajstić information content (AvgIpc) is 2.80. The van der Waals surface area contributed by atoms with E-state index < -0.39 is 10.0 Å². The molecule has 0 radical (unpaired) electrons. The van der Waals surface area contributed by atoms with E-state index in [9.17, 15) is 13.2 Å². The average molecular weight is 422 g/mol. The minimum atomic E-state index is -3.33. The van der Waals surface area contributed by atoms with Crippen LogP contribution in [0.25, 0.3) is 10.9 Å². The number of nitrogens with one attached hydrogen (secondary N) is 2. The minimum Gasteiger partial charge on any atom is -0.339 e. The molecule has 0 saturated heterocycles. The van der Waals surface area contributed by atoms with Crippen molar-refractivity contribution in [3.63, 3.8) is 0 Å². The minimum absolute atomic E-state index is 0.255. The number of hydrogen-bond acceptors (Lipinski definition) is 3. The fraction of sp³-hybridized carbons (Fsp3) is 0.118. The lowest BCUT2D eigenvalue weighted by Gasteiger charge is -2.09. The first-order valence-corrected chi connectivity index (χ1v) is 10.1. The summed E-state index contributed by atoms with van der Waals surface area (Å²) in [7, 11) is -1.49. The molecule has 0 fully saturated rings. The van der Waals surface area contributed by atoms with Crippen LogP contribution in [0.4, 0.5) is 11.4 Å². The molecule has 0 saturated carbocycles. The van der Waals surface area contributed by atoms with Crippen LogP contribution < -0.4 is 10.0 Å². The molecule has 2 N–H and O–H groups in total. The summed E-state index contributed by atoms with van der Waals surface area (Å²) in [4.78, 5) is 12.7.